The van der Waals surface area contributed by atoms with Crippen LogP contribution < -0.4 is 0 Å². The van der Waals surface area contributed by atoms with E-state index in [0.717, 1.165) is 0 Å². The fourth-order valence-corrected chi connectivity index (χ4v) is 3.59. The molecule has 37 heavy (non-hydrogen) atoms. The molecule has 0 N–H and O–H groups in total. The van der Waals surface area contributed by atoms with E-state index >= 15 is 0 Å². The van der Waals surface area contributed by atoms with E-state index in [0.29, 0.717) is 0 Å². The van der Waals surface area contributed by atoms with Crippen LogP contribution in [0.4, 0.5) is 92.2 Å². The summed E-state index contributed by atoms with van der Waals surface area (Å²) in [4.78, 5) is 0. The van der Waals surface area contributed by atoms with Crippen molar-refractivity contribution in [1.82, 2.24) is 0 Å². The average molecular weight is 624 g/mol. The first kappa shape index (κ1) is 35.7. The first-order chi connectivity index (χ1) is 15.6. The van der Waals surface area contributed by atoms with Gasteiger partial charge in [0.2, 0.25) is 0 Å². The molecule has 0 unspecified atom stereocenters. The van der Waals surface area contributed by atoms with Crippen LogP contribution in [0, 0.1) is 0 Å². The second-order valence-electron chi connectivity index (χ2n) is 7.02. The zero-order chi connectivity index (χ0) is 30.9. The van der Waals surface area contributed by atoms with Gasteiger partial charge in [-0.05, 0) is 6.55 Å². The lowest BCUT2D eigenvalue weighted by Crippen LogP contribution is -2.78. The van der Waals surface area contributed by atoms with E-state index in [2.05, 4.69) is 8.85 Å². The summed E-state index contributed by atoms with van der Waals surface area (Å²) in [7, 11) is -6.34. The quantitative estimate of drug-likeness (QED) is 0.179. The molecule has 0 aromatic heterocycles. The lowest BCUT2D eigenvalue weighted by molar-refractivity contribution is -0.472. The maximum absolute atomic E-state index is 14.0. The molecule has 0 radical (unpaired) electrons. The van der Waals surface area contributed by atoms with Crippen LogP contribution in [0.3, 0.4) is 0 Å². The van der Waals surface area contributed by atoms with Gasteiger partial charge in [0, 0.05) is 14.2 Å². The molecule has 0 aliphatic heterocycles. The third kappa shape index (κ3) is 4.13. The number of hydrogen-bond acceptors (Lipinski definition) is 2. The van der Waals surface area contributed by atoms with E-state index in [1.165, 1.54) is 0 Å². The molecule has 2 nitrogen and oxygen atoms in total. The number of rotatable bonds is 11. The van der Waals surface area contributed by atoms with Gasteiger partial charge >= 0.3 is 67.7 Å². The lowest BCUT2D eigenvalue weighted by atomic mass is 9.87. The highest BCUT2D eigenvalue weighted by Gasteiger charge is 2.98. The summed E-state index contributed by atoms with van der Waals surface area (Å²) in [6.07, 6.45) is -8.01. The molecule has 0 atom stereocenters. The van der Waals surface area contributed by atoms with Gasteiger partial charge in [0.05, 0.1) is 0 Å². The molecule has 0 aliphatic rings. The molecule has 0 saturated heterocycles. The van der Waals surface area contributed by atoms with Crippen LogP contribution in [-0.2, 0) is 8.85 Å². The predicted octanol–water partition coefficient (Wildman–Crippen LogP) is 7.17. The third-order valence-electron chi connectivity index (χ3n) is 4.86. The van der Waals surface area contributed by atoms with E-state index in [1.807, 2.05) is 0 Å². The molecular formula is C13H9F21O2Si. The van der Waals surface area contributed by atoms with E-state index in [1.54, 1.807) is 0 Å². The largest absolute Gasteiger partial charge is 0.460 e. The molecule has 0 aromatic rings. The van der Waals surface area contributed by atoms with Gasteiger partial charge < -0.3 is 8.85 Å². The Labute approximate surface area is 190 Å². The van der Waals surface area contributed by atoms with Crippen molar-refractivity contribution in [1.29, 1.82) is 0 Å². The Hall–Kier alpha value is -1.33. The van der Waals surface area contributed by atoms with Crippen LogP contribution in [0.25, 0.3) is 0 Å². The minimum atomic E-state index is -9.19. The molecule has 0 fully saturated rings. The molecule has 0 amide bonds. The SMILES string of the molecule is CO[Si](C)(OC)C(F)(F)C(F)(F)C(F)(F)C(F)(F)C(F)(F)C(F)(F)C(F)(F)C(F)(F)C(F)(F)C(F)(F)F. The minimum absolute atomic E-state index is 0.0256. The summed E-state index contributed by atoms with van der Waals surface area (Å²) in [6.45, 7) is -0.324. The van der Waals surface area contributed by atoms with Gasteiger partial charge in [-0.3, -0.25) is 0 Å². The topological polar surface area (TPSA) is 18.5 Å². The molecule has 0 rings (SSSR count). The van der Waals surface area contributed by atoms with Gasteiger partial charge in [-0.2, -0.15) is 92.2 Å². The molecule has 0 saturated carbocycles. The van der Waals surface area contributed by atoms with E-state index in [9.17, 15) is 92.2 Å². The third-order valence-corrected chi connectivity index (χ3v) is 7.87. The molecule has 0 heterocycles. The summed E-state index contributed by atoms with van der Waals surface area (Å²) in [5, 5.41) is 0. The van der Waals surface area contributed by atoms with Crippen molar-refractivity contribution in [2.75, 3.05) is 14.2 Å². The average Bonchev–Trinajstić information content (AvgIpc) is 2.70. The van der Waals surface area contributed by atoms with Crippen molar-refractivity contribution in [2.24, 2.45) is 0 Å². The Bertz CT molecular complexity index is 827. The number of alkyl halides is 21. The first-order valence-electron chi connectivity index (χ1n) is 8.19. The number of hydrogen-bond donors (Lipinski definition) is 0. The number of halogens is 21. The molecule has 0 aliphatic carbocycles. The molecule has 224 valence electrons. The van der Waals surface area contributed by atoms with Gasteiger partial charge in [0.1, 0.15) is 0 Å². The first-order valence-corrected chi connectivity index (χ1v) is 10.5. The van der Waals surface area contributed by atoms with Gasteiger partial charge in [0.25, 0.3) is 0 Å². The van der Waals surface area contributed by atoms with Crippen molar-refractivity contribution < 1.29 is 101 Å². The van der Waals surface area contributed by atoms with Crippen molar-refractivity contribution in [3.05, 3.63) is 0 Å². The van der Waals surface area contributed by atoms with Crippen molar-refractivity contribution in [3.63, 3.8) is 0 Å². The van der Waals surface area contributed by atoms with E-state index in [-0.39, 0.29) is 20.8 Å². The van der Waals surface area contributed by atoms with Crippen LogP contribution in [0.5, 0.6) is 0 Å². The second-order valence-corrected chi connectivity index (χ2v) is 10.4. The Morgan fingerprint density at radius 3 is 0.730 bits per heavy atom. The predicted molar refractivity (Wildman–Crippen MR) is 76.2 cm³/mol. The van der Waals surface area contributed by atoms with Crippen LogP contribution in [-0.4, -0.2) is 81.9 Å². The Morgan fingerprint density at radius 1 is 0.351 bits per heavy atom. The van der Waals surface area contributed by atoms with Gasteiger partial charge in [-0.15, -0.1) is 0 Å². The molecule has 0 spiro atoms. The van der Waals surface area contributed by atoms with Crippen molar-refractivity contribution in [2.45, 2.75) is 65.6 Å². The fourth-order valence-electron chi connectivity index (χ4n) is 2.18. The minimum Gasteiger partial charge on any atom is -0.394 e. The molecule has 24 heteroatoms. The summed E-state index contributed by atoms with van der Waals surface area (Å²) in [6, 6.07) is 0. The zero-order valence-electron chi connectivity index (χ0n) is 17.3. The fraction of sp³-hybridized carbons (Fsp3) is 1.00. The molecule has 0 aromatic carbocycles. The maximum atomic E-state index is 14.0. The standard InChI is InChI=1S/C13H9F21O2Si/c1-35-37(3,36-2)13(33,34)11(28,29)9(24,25)7(20,21)5(16,17)4(14,15)6(18,19)8(22,23)10(26,27)12(30,31)32/h1-3H3. The summed E-state index contributed by atoms with van der Waals surface area (Å²) in [5.41, 5.74) is -6.88. The molecular weight excluding hydrogens is 615 g/mol. The van der Waals surface area contributed by atoms with Crippen molar-refractivity contribution >= 4 is 8.56 Å². The highest BCUT2D eigenvalue weighted by atomic mass is 28.4. The maximum Gasteiger partial charge on any atom is 0.460 e. The smallest absolute Gasteiger partial charge is 0.394 e. The van der Waals surface area contributed by atoms with E-state index < -0.39 is 67.7 Å². The summed E-state index contributed by atoms with van der Waals surface area (Å²) >= 11 is 0. The van der Waals surface area contributed by atoms with Crippen LogP contribution in [0.15, 0.2) is 0 Å². The van der Waals surface area contributed by atoms with Crippen LogP contribution >= 0.6 is 0 Å². The highest BCUT2D eigenvalue weighted by molar-refractivity contribution is 6.68. The van der Waals surface area contributed by atoms with Gasteiger partial charge in [0.15, 0.2) is 0 Å². The van der Waals surface area contributed by atoms with E-state index in [4.69, 9.17) is 0 Å². The Morgan fingerprint density at radius 2 is 0.541 bits per heavy atom. The Kier molecular flexibility index (Phi) is 8.52. The van der Waals surface area contributed by atoms with Gasteiger partial charge in [-0.25, -0.2) is 0 Å². The normalized spacial score (nSPS) is 16.9. The Balaban J connectivity index is 7.22. The lowest BCUT2D eigenvalue weighted by Gasteiger charge is -2.45. The summed E-state index contributed by atoms with van der Waals surface area (Å²) in [5.74, 6) is -70.6. The monoisotopic (exact) mass is 624 g/mol. The van der Waals surface area contributed by atoms with Gasteiger partial charge in [-0.1, -0.05) is 0 Å². The zero-order valence-corrected chi connectivity index (χ0v) is 18.3. The highest BCUT2D eigenvalue weighted by Crippen LogP contribution is 2.66. The van der Waals surface area contributed by atoms with Crippen LogP contribution in [0.2, 0.25) is 6.55 Å². The summed E-state index contributed by atoms with van der Waals surface area (Å²) < 4.78 is 286. The second kappa shape index (κ2) is 8.84. The van der Waals surface area contributed by atoms with Crippen molar-refractivity contribution in [3.8, 4) is 0 Å². The van der Waals surface area contributed by atoms with Crippen LogP contribution in [0.1, 0.15) is 0 Å². The molecule has 0 bridgehead atoms.